The van der Waals surface area contributed by atoms with Crippen LogP contribution in [0.4, 0.5) is 0 Å². The fraction of sp³-hybridized carbons (Fsp3) is 1.00. The Labute approximate surface area is 104 Å². The molecule has 0 heterocycles. The van der Waals surface area contributed by atoms with Crippen molar-refractivity contribution in [2.75, 3.05) is 12.8 Å². The lowest BCUT2D eigenvalue weighted by Crippen LogP contribution is -2.43. The van der Waals surface area contributed by atoms with Crippen LogP contribution in [0.15, 0.2) is 0 Å². The number of hydrogen-bond acceptors (Lipinski definition) is 3. The third-order valence-electron chi connectivity index (χ3n) is 3.41. The van der Waals surface area contributed by atoms with Crippen LogP contribution in [0.1, 0.15) is 46.0 Å². The van der Waals surface area contributed by atoms with Crippen molar-refractivity contribution in [3.63, 3.8) is 0 Å². The molecule has 1 N–H and O–H groups in total. The van der Waals surface area contributed by atoms with Crippen LogP contribution in [-0.2, 0) is 10.0 Å². The largest absolute Gasteiger partial charge is 0.214 e. The molecule has 3 nitrogen and oxygen atoms in total. The molecule has 0 aromatic rings. The van der Waals surface area contributed by atoms with Gasteiger partial charge in [0.1, 0.15) is 0 Å². The number of nitrogens with one attached hydrogen (secondary N) is 1. The van der Waals surface area contributed by atoms with Crippen molar-refractivity contribution in [2.24, 2.45) is 0 Å². The first kappa shape index (κ1) is 14.3. The van der Waals surface area contributed by atoms with Crippen molar-refractivity contribution >= 4 is 21.8 Å². The van der Waals surface area contributed by atoms with Crippen LogP contribution in [0.3, 0.4) is 0 Å². The summed E-state index contributed by atoms with van der Waals surface area (Å²) in [5.41, 5.74) is 0. The highest BCUT2D eigenvalue weighted by Crippen LogP contribution is 2.38. The van der Waals surface area contributed by atoms with Crippen molar-refractivity contribution in [1.82, 2.24) is 4.72 Å². The van der Waals surface area contributed by atoms with Gasteiger partial charge in [0.05, 0.1) is 5.25 Å². The quantitative estimate of drug-likeness (QED) is 0.830. The average Bonchev–Trinajstić information content (AvgIpc) is 2.28. The molecule has 0 atom stereocenters. The van der Waals surface area contributed by atoms with Gasteiger partial charge in [-0.25, -0.2) is 13.1 Å². The predicted molar refractivity (Wildman–Crippen MR) is 71.4 cm³/mol. The molecule has 0 spiro atoms. The van der Waals surface area contributed by atoms with Gasteiger partial charge in [-0.3, -0.25) is 0 Å². The van der Waals surface area contributed by atoms with Gasteiger partial charge in [-0.1, -0.05) is 19.3 Å². The highest BCUT2D eigenvalue weighted by Gasteiger charge is 2.32. The molecule has 0 aromatic carbocycles. The molecule has 0 unspecified atom stereocenters. The third kappa shape index (κ3) is 3.64. The molecule has 0 aliphatic heterocycles. The van der Waals surface area contributed by atoms with E-state index in [0.29, 0.717) is 6.54 Å². The molecule has 1 aliphatic rings. The zero-order chi connectivity index (χ0) is 12.2. The van der Waals surface area contributed by atoms with Gasteiger partial charge in [-0.05, 0) is 32.9 Å². The number of hydrogen-bond donors (Lipinski definition) is 1. The summed E-state index contributed by atoms with van der Waals surface area (Å²) >= 11 is 1.82. The third-order valence-corrected chi connectivity index (χ3v) is 6.62. The topological polar surface area (TPSA) is 46.2 Å². The summed E-state index contributed by atoms with van der Waals surface area (Å²) in [7, 11) is -3.11. The van der Waals surface area contributed by atoms with Crippen molar-refractivity contribution in [1.29, 1.82) is 0 Å². The normalized spacial score (nSPS) is 21.2. The van der Waals surface area contributed by atoms with E-state index < -0.39 is 10.0 Å². The molecule has 96 valence electrons. The number of sulfonamides is 1. The molecule has 1 fully saturated rings. The summed E-state index contributed by atoms with van der Waals surface area (Å²) in [5, 5.41) is -0.338. The van der Waals surface area contributed by atoms with Crippen LogP contribution in [0.2, 0.25) is 0 Å². The first-order chi connectivity index (χ1) is 7.42. The Hall–Kier alpha value is 0.260. The van der Waals surface area contributed by atoms with E-state index in [1.54, 1.807) is 13.8 Å². The summed E-state index contributed by atoms with van der Waals surface area (Å²) in [5.74, 6) is 0. The Bertz CT molecular complexity index is 306. The molecule has 0 radical (unpaired) electrons. The highest BCUT2D eigenvalue weighted by molar-refractivity contribution is 8.00. The fourth-order valence-electron chi connectivity index (χ4n) is 2.05. The van der Waals surface area contributed by atoms with Gasteiger partial charge in [0.25, 0.3) is 0 Å². The lowest BCUT2D eigenvalue weighted by Gasteiger charge is -2.36. The molecule has 0 amide bonds. The molecule has 0 saturated heterocycles. The first-order valence-electron chi connectivity index (χ1n) is 5.95. The van der Waals surface area contributed by atoms with E-state index in [-0.39, 0.29) is 10.00 Å². The molecular weight excluding hydrogens is 242 g/mol. The molecule has 1 saturated carbocycles. The molecule has 0 aromatic heterocycles. The van der Waals surface area contributed by atoms with Crippen molar-refractivity contribution < 1.29 is 8.42 Å². The summed E-state index contributed by atoms with van der Waals surface area (Å²) in [6, 6.07) is 0. The van der Waals surface area contributed by atoms with E-state index in [2.05, 4.69) is 11.0 Å². The van der Waals surface area contributed by atoms with Gasteiger partial charge in [0.2, 0.25) is 10.0 Å². The van der Waals surface area contributed by atoms with Crippen molar-refractivity contribution in [3.05, 3.63) is 0 Å². The van der Waals surface area contributed by atoms with Gasteiger partial charge in [0.15, 0.2) is 0 Å². The Balaban J connectivity index is 2.58. The maximum absolute atomic E-state index is 11.7. The van der Waals surface area contributed by atoms with E-state index in [1.807, 2.05) is 11.8 Å². The Kier molecular flexibility index (Phi) is 5.13. The summed E-state index contributed by atoms with van der Waals surface area (Å²) in [6.07, 6.45) is 8.10. The average molecular weight is 265 g/mol. The summed E-state index contributed by atoms with van der Waals surface area (Å²) in [6.45, 7) is 4.03. The summed E-state index contributed by atoms with van der Waals surface area (Å²) < 4.78 is 26.3. The fourth-order valence-corrected chi connectivity index (χ4v) is 3.86. The van der Waals surface area contributed by atoms with E-state index in [4.69, 9.17) is 0 Å². The van der Waals surface area contributed by atoms with Crippen LogP contribution < -0.4 is 4.72 Å². The van der Waals surface area contributed by atoms with Crippen molar-refractivity contribution in [2.45, 2.75) is 55.9 Å². The zero-order valence-corrected chi connectivity index (χ0v) is 12.1. The van der Waals surface area contributed by atoms with Crippen LogP contribution in [0, 0.1) is 0 Å². The molecular formula is C11H23NO2S2. The van der Waals surface area contributed by atoms with Gasteiger partial charge < -0.3 is 0 Å². The van der Waals surface area contributed by atoms with Crippen LogP contribution in [0.25, 0.3) is 0 Å². The Morgan fingerprint density at radius 2 is 1.81 bits per heavy atom. The van der Waals surface area contributed by atoms with Gasteiger partial charge in [-0.2, -0.15) is 11.8 Å². The summed E-state index contributed by atoms with van der Waals surface area (Å²) in [4.78, 5) is 0. The smallest absolute Gasteiger partial charge is 0.213 e. The minimum Gasteiger partial charge on any atom is -0.214 e. The molecule has 0 bridgehead atoms. The highest BCUT2D eigenvalue weighted by atomic mass is 32.2. The maximum Gasteiger partial charge on any atom is 0.213 e. The number of rotatable bonds is 5. The molecule has 16 heavy (non-hydrogen) atoms. The van der Waals surface area contributed by atoms with E-state index in [0.717, 1.165) is 12.8 Å². The van der Waals surface area contributed by atoms with E-state index in [9.17, 15) is 8.42 Å². The molecule has 5 heteroatoms. The molecule has 1 rings (SSSR count). The van der Waals surface area contributed by atoms with Gasteiger partial charge in [-0.15, -0.1) is 0 Å². The zero-order valence-electron chi connectivity index (χ0n) is 10.5. The van der Waals surface area contributed by atoms with E-state index >= 15 is 0 Å². The van der Waals surface area contributed by atoms with Crippen molar-refractivity contribution in [3.8, 4) is 0 Å². The minimum absolute atomic E-state index is 0.139. The van der Waals surface area contributed by atoms with E-state index in [1.165, 1.54) is 19.3 Å². The second-order valence-electron chi connectivity index (χ2n) is 4.86. The Morgan fingerprint density at radius 1 is 1.25 bits per heavy atom. The predicted octanol–water partition coefficient (Wildman–Crippen LogP) is 2.38. The lowest BCUT2D eigenvalue weighted by molar-refractivity contribution is 0.394. The first-order valence-corrected chi connectivity index (χ1v) is 8.73. The minimum atomic E-state index is -3.11. The van der Waals surface area contributed by atoms with Crippen LogP contribution in [0.5, 0.6) is 0 Å². The lowest BCUT2D eigenvalue weighted by atomic mass is 9.88. The number of thioether (sulfide) groups is 1. The second-order valence-corrected chi connectivity index (χ2v) is 8.46. The molecule has 1 aliphatic carbocycles. The van der Waals surface area contributed by atoms with Crippen LogP contribution in [-0.4, -0.2) is 31.2 Å². The maximum atomic E-state index is 11.7. The second kappa shape index (κ2) is 5.74. The monoisotopic (exact) mass is 265 g/mol. The van der Waals surface area contributed by atoms with Gasteiger partial charge >= 0.3 is 0 Å². The SMILES string of the molecule is CSC1(CNS(=O)(=O)C(C)C)CCCCC1. The van der Waals surface area contributed by atoms with Crippen LogP contribution >= 0.6 is 11.8 Å². The Morgan fingerprint density at radius 3 is 2.25 bits per heavy atom. The standard InChI is InChI=1S/C11H23NO2S2/c1-10(2)16(13,14)12-9-11(15-3)7-5-4-6-8-11/h10,12H,4-9H2,1-3H3. The van der Waals surface area contributed by atoms with Gasteiger partial charge in [0, 0.05) is 11.3 Å².